The van der Waals surface area contributed by atoms with Crippen molar-refractivity contribution in [3.63, 3.8) is 0 Å². The van der Waals surface area contributed by atoms with Gasteiger partial charge in [-0.15, -0.1) is 0 Å². The van der Waals surface area contributed by atoms with E-state index in [0.29, 0.717) is 52.4 Å². The maximum atomic E-state index is 12.8. The van der Waals surface area contributed by atoms with Crippen molar-refractivity contribution in [1.29, 1.82) is 0 Å². The van der Waals surface area contributed by atoms with Crippen LogP contribution in [-0.4, -0.2) is 64.6 Å². The molecule has 186 valence electrons. The van der Waals surface area contributed by atoms with E-state index in [1.54, 1.807) is 30.3 Å². The summed E-state index contributed by atoms with van der Waals surface area (Å²) >= 11 is 0. The minimum atomic E-state index is -3.52. The van der Waals surface area contributed by atoms with Gasteiger partial charge < -0.3 is 19.5 Å². The number of benzene rings is 2. The number of hydrogen-bond donors (Lipinski definition) is 1. The molecule has 0 bridgehead atoms. The van der Waals surface area contributed by atoms with E-state index in [-0.39, 0.29) is 10.7 Å². The molecule has 1 N–H and O–H groups in total. The predicted octanol–water partition coefficient (Wildman–Crippen LogP) is 2.56. The average Bonchev–Trinajstić information content (AvgIpc) is 3.12. The Hall–Kier alpha value is -2.88. The van der Waals surface area contributed by atoms with E-state index < -0.39 is 10.0 Å². The monoisotopic (exact) mass is 498 g/mol. The molecular weight excluding hydrogens is 468 g/mol. The number of ketones is 1. The predicted molar refractivity (Wildman–Crippen MR) is 131 cm³/mol. The van der Waals surface area contributed by atoms with Gasteiger partial charge >= 0.3 is 0 Å². The molecule has 8 nitrogen and oxygen atoms in total. The van der Waals surface area contributed by atoms with Crippen molar-refractivity contribution in [2.24, 2.45) is 0 Å². The van der Waals surface area contributed by atoms with E-state index >= 15 is 0 Å². The maximum absolute atomic E-state index is 12.8. The molecule has 0 aliphatic carbocycles. The summed E-state index contributed by atoms with van der Waals surface area (Å²) in [4.78, 5) is 13.1. The molecule has 0 amide bonds. The van der Waals surface area contributed by atoms with Crippen molar-refractivity contribution < 1.29 is 27.4 Å². The molecule has 3 aliphatic rings. The lowest BCUT2D eigenvalue weighted by Gasteiger charge is -2.26. The summed E-state index contributed by atoms with van der Waals surface area (Å²) in [5, 5.41) is 3.35. The number of carbonyl (C=O) groups is 1. The van der Waals surface area contributed by atoms with E-state index in [9.17, 15) is 13.2 Å². The number of rotatable bonds is 6. The van der Waals surface area contributed by atoms with Gasteiger partial charge in [-0.3, -0.25) is 4.79 Å². The Labute approximate surface area is 205 Å². The first-order valence-corrected chi connectivity index (χ1v) is 13.5. The zero-order valence-corrected chi connectivity index (χ0v) is 20.4. The van der Waals surface area contributed by atoms with E-state index in [2.05, 4.69) is 5.32 Å². The van der Waals surface area contributed by atoms with Crippen LogP contribution in [0.25, 0.3) is 5.70 Å². The largest absolute Gasteiger partial charge is 0.490 e. The lowest BCUT2D eigenvalue weighted by molar-refractivity contribution is -0.114. The van der Waals surface area contributed by atoms with Gasteiger partial charge in [0.2, 0.25) is 10.0 Å². The van der Waals surface area contributed by atoms with E-state index in [1.807, 2.05) is 12.1 Å². The third kappa shape index (κ3) is 5.37. The van der Waals surface area contributed by atoms with Crippen LogP contribution in [0, 0.1) is 0 Å². The molecule has 1 fully saturated rings. The van der Waals surface area contributed by atoms with Crippen molar-refractivity contribution in [3.05, 3.63) is 59.2 Å². The fourth-order valence-electron chi connectivity index (χ4n) is 4.53. The van der Waals surface area contributed by atoms with Gasteiger partial charge in [-0.05, 0) is 48.2 Å². The number of hydrogen-bond acceptors (Lipinski definition) is 7. The van der Waals surface area contributed by atoms with Gasteiger partial charge in [0.1, 0.15) is 0 Å². The number of nitrogens with zero attached hydrogens (tertiary/aromatic N) is 1. The first-order valence-electron chi connectivity index (χ1n) is 12.1. The van der Waals surface area contributed by atoms with Gasteiger partial charge in [0.15, 0.2) is 17.3 Å². The van der Waals surface area contributed by atoms with Crippen LogP contribution >= 0.6 is 0 Å². The fraction of sp³-hybridized carbons (Fsp3) is 0.423. The number of allylic oxidation sites excluding steroid dienone is 1. The van der Waals surface area contributed by atoms with Crippen molar-refractivity contribution in [1.82, 2.24) is 9.62 Å². The Morgan fingerprint density at radius 1 is 1.00 bits per heavy atom. The van der Waals surface area contributed by atoms with Crippen LogP contribution < -0.4 is 14.8 Å². The Morgan fingerprint density at radius 3 is 2.46 bits per heavy atom. The second kappa shape index (κ2) is 10.4. The van der Waals surface area contributed by atoms with E-state index in [1.165, 1.54) is 4.31 Å². The molecule has 0 unspecified atom stereocenters. The standard InChI is InChI=1S/C26H30N2O6S/c29-21(5-2-19-3-6-22(7-4-19)35(30,31)28-10-14-32-15-11-28)17-24-23-18-26-25(33-12-1-13-34-26)16-20(23)8-9-27-24/h3-4,6-7,16-18,27H,1-2,5,8-15H2. The molecule has 9 heteroatoms. The molecule has 0 spiro atoms. The topological polar surface area (TPSA) is 94.2 Å². The van der Waals surface area contributed by atoms with E-state index in [0.717, 1.165) is 53.3 Å². The van der Waals surface area contributed by atoms with Crippen LogP contribution in [0.1, 0.15) is 29.5 Å². The second-order valence-corrected chi connectivity index (χ2v) is 10.8. The van der Waals surface area contributed by atoms with Gasteiger partial charge in [-0.1, -0.05) is 12.1 Å². The number of ether oxygens (including phenoxy) is 3. The lowest BCUT2D eigenvalue weighted by atomic mass is 9.96. The minimum Gasteiger partial charge on any atom is -0.490 e. The summed E-state index contributed by atoms with van der Waals surface area (Å²) in [6.45, 7) is 3.58. The van der Waals surface area contributed by atoms with Gasteiger partial charge in [0, 0.05) is 49.8 Å². The molecule has 0 saturated carbocycles. The molecule has 0 atom stereocenters. The van der Waals surface area contributed by atoms with Crippen molar-refractivity contribution in [3.8, 4) is 11.5 Å². The first kappa shape index (κ1) is 23.8. The third-order valence-electron chi connectivity index (χ3n) is 6.47. The fourth-order valence-corrected chi connectivity index (χ4v) is 5.94. The second-order valence-electron chi connectivity index (χ2n) is 8.87. The zero-order chi connectivity index (χ0) is 24.3. The van der Waals surface area contributed by atoms with Crippen molar-refractivity contribution >= 4 is 21.5 Å². The van der Waals surface area contributed by atoms with Crippen LogP contribution in [0.4, 0.5) is 0 Å². The van der Waals surface area contributed by atoms with Crippen LogP contribution in [-0.2, 0) is 32.4 Å². The molecule has 1 saturated heterocycles. The molecule has 2 aromatic carbocycles. The zero-order valence-electron chi connectivity index (χ0n) is 19.6. The van der Waals surface area contributed by atoms with Crippen LogP contribution in [0.3, 0.4) is 0 Å². The van der Waals surface area contributed by atoms with Crippen molar-refractivity contribution in [2.45, 2.75) is 30.6 Å². The molecule has 3 heterocycles. The molecular formula is C26H30N2O6S. The Balaban J connectivity index is 1.24. The Morgan fingerprint density at radius 2 is 1.71 bits per heavy atom. The SMILES string of the molecule is O=C(C=C1NCCc2cc3c(cc21)OCCCO3)CCc1ccc(S(=O)(=O)N2CCOCC2)cc1. The summed E-state index contributed by atoms with van der Waals surface area (Å²) in [5.74, 6) is 1.50. The number of aryl methyl sites for hydroxylation is 1. The normalized spacial score (nSPS) is 19.5. The molecule has 3 aliphatic heterocycles. The Bertz CT molecular complexity index is 1220. The highest BCUT2D eigenvalue weighted by atomic mass is 32.2. The average molecular weight is 499 g/mol. The van der Waals surface area contributed by atoms with Crippen LogP contribution in [0.15, 0.2) is 47.4 Å². The number of morpholine rings is 1. The van der Waals surface area contributed by atoms with Crippen LogP contribution in [0.2, 0.25) is 0 Å². The highest BCUT2D eigenvalue weighted by Crippen LogP contribution is 2.36. The highest BCUT2D eigenvalue weighted by Gasteiger charge is 2.26. The molecule has 0 aromatic heterocycles. The summed E-state index contributed by atoms with van der Waals surface area (Å²) < 4.78 is 43.9. The number of carbonyl (C=O) groups excluding carboxylic acids is 1. The highest BCUT2D eigenvalue weighted by molar-refractivity contribution is 7.89. The Kier molecular flexibility index (Phi) is 7.08. The maximum Gasteiger partial charge on any atom is 0.243 e. The summed E-state index contributed by atoms with van der Waals surface area (Å²) in [6, 6.07) is 10.8. The number of nitrogens with one attached hydrogen (secondary N) is 1. The molecule has 5 rings (SSSR count). The lowest BCUT2D eigenvalue weighted by Crippen LogP contribution is -2.40. The van der Waals surface area contributed by atoms with Crippen molar-refractivity contribution in [2.75, 3.05) is 46.1 Å². The van der Waals surface area contributed by atoms with Crippen LogP contribution in [0.5, 0.6) is 11.5 Å². The number of fused-ring (bicyclic) bond motifs is 2. The van der Waals surface area contributed by atoms with Gasteiger partial charge in [0.25, 0.3) is 0 Å². The van der Waals surface area contributed by atoms with Gasteiger partial charge in [-0.25, -0.2) is 8.42 Å². The molecule has 35 heavy (non-hydrogen) atoms. The summed E-state index contributed by atoms with van der Waals surface area (Å²) in [6.07, 6.45) is 4.24. The third-order valence-corrected chi connectivity index (χ3v) is 8.38. The summed E-state index contributed by atoms with van der Waals surface area (Å²) in [5.41, 5.74) is 3.85. The number of sulfonamides is 1. The summed E-state index contributed by atoms with van der Waals surface area (Å²) in [7, 11) is -3.52. The first-order chi connectivity index (χ1) is 17.0. The minimum absolute atomic E-state index is 0.0116. The smallest absolute Gasteiger partial charge is 0.243 e. The van der Waals surface area contributed by atoms with Gasteiger partial charge in [-0.2, -0.15) is 4.31 Å². The van der Waals surface area contributed by atoms with E-state index in [4.69, 9.17) is 14.2 Å². The van der Waals surface area contributed by atoms with Gasteiger partial charge in [0.05, 0.1) is 31.3 Å². The molecule has 2 aromatic rings. The quantitative estimate of drug-likeness (QED) is 0.612. The molecule has 0 radical (unpaired) electrons.